The summed E-state index contributed by atoms with van der Waals surface area (Å²) in [5.74, 6) is -2.06. The van der Waals surface area contributed by atoms with E-state index in [9.17, 15) is 9.59 Å². The molecule has 0 bridgehead atoms. The Balaban J connectivity index is 0.000000187. The monoisotopic (exact) mass is 353 g/mol. The molecule has 7 heteroatoms. The quantitative estimate of drug-likeness (QED) is 0.872. The Labute approximate surface area is 150 Å². The third-order valence-electron chi connectivity index (χ3n) is 3.99. The van der Waals surface area contributed by atoms with Gasteiger partial charge in [-0.25, -0.2) is 4.79 Å². The number of hydrogen-bond donors (Lipinski definition) is 2. The Morgan fingerprint density at radius 3 is 2.42 bits per heavy atom. The van der Waals surface area contributed by atoms with Crippen molar-refractivity contribution in [2.45, 2.75) is 20.3 Å². The zero-order valence-corrected chi connectivity index (χ0v) is 14.5. The molecule has 1 aromatic carbocycles. The molecule has 7 nitrogen and oxygen atoms in total. The van der Waals surface area contributed by atoms with Gasteiger partial charge in [0.15, 0.2) is 0 Å². The predicted octanol–water partition coefficient (Wildman–Crippen LogP) is 2.90. The summed E-state index contributed by atoms with van der Waals surface area (Å²) in [4.78, 5) is 21.3. The largest absolute Gasteiger partial charge is 0.481 e. The molecule has 1 aliphatic rings. The van der Waals surface area contributed by atoms with E-state index in [4.69, 9.17) is 10.2 Å². The molecule has 26 heavy (non-hydrogen) atoms. The van der Waals surface area contributed by atoms with Crippen LogP contribution in [0.5, 0.6) is 0 Å². The highest BCUT2D eigenvalue weighted by atomic mass is 16.4. The van der Waals surface area contributed by atoms with Crippen LogP contribution < -0.4 is 0 Å². The number of aryl methyl sites for hydroxylation is 1. The van der Waals surface area contributed by atoms with Crippen molar-refractivity contribution in [3.8, 4) is 11.1 Å². The zero-order valence-electron chi connectivity index (χ0n) is 14.5. The molecule has 0 spiro atoms. The minimum Gasteiger partial charge on any atom is -0.481 e. The number of hydrogen-bond acceptors (Lipinski definition) is 5. The molecule has 134 valence electrons. The van der Waals surface area contributed by atoms with Crippen LogP contribution in [-0.4, -0.2) is 37.6 Å². The van der Waals surface area contributed by atoms with Gasteiger partial charge in [-0.2, -0.15) is 0 Å². The summed E-state index contributed by atoms with van der Waals surface area (Å²) in [5, 5.41) is 28.7. The van der Waals surface area contributed by atoms with E-state index in [1.807, 2.05) is 37.3 Å². The van der Waals surface area contributed by atoms with E-state index in [0.717, 1.165) is 16.8 Å². The molecule has 2 aromatic rings. The van der Waals surface area contributed by atoms with E-state index in [-0.39, 0.29) is 12.0 Å². The van der Waals surface area contributed by atoms with E-state index in [1.165, 1.54) is 25.2 Å². The van der Waals surface area contributed by atoms with Crippen molar-refractivity contribution in [2.24, 2.45) is 5.41 Å². The van der Waals surface area contributed by atoms with Crippen molar-refractivity contribution < 1.29 is 19.8 Å². The van der Waals surface area contributed by atoms with Gasteiger partial charge in [0.1, 0.15) is 0 Å². The molecule has 0 aliphatic heterocycles. The molecular formula is C19H19N3O4. The first-order valence-corrected chi connectivity index (χ1v) is 7.89. The number of benzene rings is 1. The first-order chi connectivity index (χ1) is 12.3. The van der Waals surface area contributed by atoms with Crippen LogP contribution in [0.25, 0.3) is 11.1 Å². The van der Waals surface area contributed by atoms with Gasteiger partial charge in [-0.3, -0.25) is 4.79 Å². The van der Waals surface area contributed by atoms with Crippen molar-refractivity contribution in [3.05, 3.63) is 66.0 Å². The number of aliphatic carboxylic acids is 2. The number of allylic oxidation sites excluding steroid dienone is 2. The van der Waals surface area contributed by atoms with Gasteiger partial charge in [0.2, 0.25) is 0 Å². The number of carboxylic acid groups (broad SMARTS) is 2. The van der Waals surface area contributed by atoms with Gasteiger partial charge in [-0.05, 0) is 31.0 Å². The first kappa shape index (κ1) is 19.0. The first-order valence-electron chi connectivity index (χ1n) is 7.89. The molecule has 1 aliphatic carbocycles. The zero-order chi connectivity index (χ0) is 19.2. The minimum absolute atomic E-state index is 0.0359. The maximum Gasteiger partial charge on any atom is 0.331 e. The van der Waals surface area contributed by atoms with Crippen LogP contribution in [0.1, 0.15) is 19.0 Å². The Hall–Kier alpha value is -3.35. The summed E-state index contributed by atoms with van der Waals surface area (Å²) in [7, 11) is 0. The van der Waals surface area contributed by atoms with Gasteiger partial charge < -0.3 is 10.2 Å². The molecule has 1 unspecified atom stereocenters. The highest BCUT2D eigenvalue weighted by Gasteiger charge is 2.34. The molecule has 1 atom stereocenters. The fraction of sp³-hybridized carbons (Fsp3) is 0.211. The van der Waals surface area contributed by atoms with E-state index >= 15 is 0 Å². The minimum atomic E-state index is -1.08. The predicted molar refractivity (Wildman–Crippen MR) is 95.2 cm³/mol. The van der Waals surface area contributed by atoms with Crippen LogP contribution in [-0.2, 0) is 9.59 Å². The van der Waals surface area contributed by atoms with Crippen LogP contribution in [0.2, 0.25) is 0 Å². The number of carboxylic acids is 2. The van der Waals surface area contributed by atoms with E-state index in [0.29, 0.717) is 0 Å². The summed E-state index contributed by atoms with van der Waals surface area (Å²) in [6, 6.07) is 10.0. The van der Waals surface area contributed by atoms with E-state index in [1.54, 1.807) is 6.20 Å². The second kappa shape index (κ2) is 8.15. The van der Waals surface area contributed by atoms with Crippen molar-refractivity contribution in [1.29, 1.82) is 0 Å². The molecule has 3 rings (SSSR count). The molecule has 0 radical (unpaired) electrons. The second-order valence-electron chi connectivity index (χ2n) is 6.05. The molecule has 1 aromatic heterocycles. The lowest BCUT2D eigenvalue weighted by Gasteiger charge is -2.23. The lowest BCUT2D eigenvalue weighted by molar-refractivity contribution is -0.145. The highest BCUT2D eigenvalue weighted by Crippen LogP contribution is 2.31. The highest BCUT2D eigenvalue weighted by molar-refractivity contribution is 5.90. The summed E-state index contributed by atoms with van der Waals surface area (Å²) >= 11 is 0. The van der Waals surface area contributed by atoms with Crippen LogP contribution in [0, 0.1) is 12.3 Å². The topological polar surface area (TPSA) is 113 Å². The fourth-order valence-corrected chi connectivity index (χ4v) is 2.41. The van der Waals surface area contributed by atoms with Gasteiger partial charge in [-0.15, -0.1) is 10.2 Å². The Kier molecular flexibility index (Phi) is 5.95. The van der Waals surface area contributed by atoms with Gasteiger partial charge in [-0.1, -0.05) is 48.6 Å². The molecule has 1 heterocycles. The Morgan fingerprint density at radius 2 is 1.85 bits per heavy atom. The summed E-state index contributed by atoms with van der Waals surface area (Å²) < 4.78 is 0. The maximum atomic E-state index is 10.8. The fourth-order valence-electron chi connectivity index (χ4n) is 2.41. The smallest absolute Gasteiger partial charge is 0.331 e. The molecule has 0 amide bonds. The second-order valence-corrected chi connectivity index (χ2v) is 6.05. The summed E-state index contributed by atoms with van der Waals surface area (Å²) in [6.45, 7) is 3.43. The SMILES string of the molecule is CC1(C(=O)O)C=CC=C(C(=O)O)C1.Cc1nnncc1-c1ccccc1. The Bertz CT molecular complexity index is 862. The third-order valence-corrected chi connectivity index (χ3v) is 3.99. The van der Waals surface area contributed by atoms with E-state index in [2.05, 4.69) is 15.4 Å². The van der Waals surface area contributed by atoms with Crippen LogP contribution in [0.4, 0.5) is 0 Å². The summed E-state index contributed by atoms with van der Waals surface area (Å²) in [5.41, 5.74) is 2.12. The number of carbonyl (C=O) groups is 2. The van der Waals surface area contributed by atoms with Gasteiger partial charge in [0.05, 0.1) is 17.3 Å². The third kappa shape index (κ3) is 4.60. The van der Waals surface area contributed by atoms with E-state index < -0.39 is 17.4 Å². The van der Waals surface area contributed by atoms with Crippen LogP contribution in [0.3, 0.4) is 0 Å². The average Bonchev–Trinajstić information content (AvgIpc) is 2.63. The number of nitrogens with zero attached hydrogens (tertiary/aromatic N) is 3. The van der Waals surface area contributed by atoms with Gasteiger partial charge in [0, 0.05) is 11.1 Å². The van der Waals surface area contributed by atoms with Crippen LogP contribution >= 0.6 is 0 Å². The maximum absolute atomic E-state index is 10.8. The van der Waals surface area contributed by atoms with Crippen LogP contribution in [0.15, 0.2) is 60.3 Å². The number of aromatic nitrogens is 3. The molecule has 2 N–H and O–H groups in total. The molecule has 0 saturated heterocycles. The van der Waals surface area contributed by atoms with Crippen molar-refractivity contribution >= 4 is 11.9 Å². The molecular weight excluding hydrogens is 334 g/mol. The average molecular weight is 353 g/mol. The summed E-state index contributed by atoms with van der Waals surface area (Å²) in [6.07, 6.45) is 6.17. The number of rotatable bonds is 3. The lowest BCUT2D eigenvalue weighted by atomic mass is 9.80. The van der Waals surface area contributed by atoms with Gasteiger partial charge >= 0.3 is 11.9 Å². The molecule has 0 fully saturated rings. The van der Waals surface area contributed by atoms with Crippen molar-refractivity contribution in [2.75, 3.05) is 0 Å². The normalized spacial score (nSPS) is 18.3. The lowest BCUT2D eigenvalue weighted by Crippen LogP contribution is -2.28. The van der Waals surface area contributed by atoms with Crippen molar-refractivity contribution in [3.63, 3.8) is 0 Å². The van der Waals surface area contributed by atoms with Crippen molar-refractivity contribution in [1.82, 2.24) is 15.4 Å². The standard InChI is InChI=1S/C10H9N3.C9H10O4/c1-8-10(7-11-13-12-8)9-5-3-2-4-6-9;1-9(8(12)13)4-2-3-6(5-9)7(10)11/h2-7H,1H3;2-4H,5H2,1H3,(H,10,11)(H,12,13). The van der Waals surface area contributed by atoms with Gasteiger partial charge in [0.25, 0.3) is 0 Å². The molecule has 0 saturated carbocycles. The Morgan fingerprint density at radius 1 is 1.15 bits per heavy atom.